The smallest absolute Gasteiger partial charge is 0.360 e. The first-order valence-electron chi connectivity index (χ1n) is 6.72. The maximum absolute atomic E-state index is 12.4. The predicted molar refractivity (Wildman–Crippen MR) is 80.1 cm³/mol. The van der Waals surface area contributed by atoms with Crippen molar-refractivity contribution in [3.05, 3.63) is 41.7 Å². The number of hydrogen-bond donors (Lipinski definition) is 1. The summed E-state index contributed by atoms with van der Waals surface area (Å²) >= 11 is 0. The molecule has 116 valence electrons. The van der Waals surface area contributed by atoms with Crippen LogP contribution in [0.25, 0.3) is 0 Å². The molecule has 0 saturated carbocycles. The number of methoxy groups -OCH3 is 1. The number of nitrogens with zero attached hydrogens (tertiary/aromatic N) is 2. The molecule has 0 atom stereocenters. The molecule has 0 radical (unpaired) electrons. The predicted octanol–water partition coefficient (Wildman–Crippen LogP) is 1.86. The van der Waals surface area contributed by atoms with Crippen molar-refractivity contribution in [3.8, 4) is 5.75 Å². The lowest BCUT2D eigenvalue weighted by atomic mass is 10.2. The van der Waals surface area contributed by atoms with E-state index in [0.29, 0.717) is 17.9 Å². The normalized spacial score (nSPS) is 10.1. The molecule has 0 aliphatic rings. The number of amides is 1. The van der Waals surface area contributed by atoms with Gasteiger partial charge < -0.3 is 14.8 Å². The molecule has 0 fully saturated rings. The minimum absolute atomic E-state index is 0.0484. The Bertz CT molecular complexity index is 694. The van der Waals surface area contributed by atoms with Gasteiger partial charge in [-0.15, -0.1) is 0 Å². The number of ether oxygens (including phenoxy) is 2. The van der Waals surface area contributed by atoms with Crippen LogP contribution in [-0.4, -0.2) is 35.4 Å². The topological polar surface area (TPSA) is 82.5 Å². The van der Waals surface area contributed by atoms with Gasteiger partial charge in [-0.1, -0.05) is 12.1 Å². The van der Waals surface area contributed by atoms with Crippen LogP contribution in [0.15, 0.2) is 30.5 Å². The van der Waals surface area contributed by atoms with E-state index in [1.807, 2.05) is 6.92 Å². The maximum atomic E-state index is 12.4. The molecule has 0 aliphatic carbocycles. The third kappa shape index (κ3) is 3.25. The first-order chi connectivity index (χ1) is 10.6. The summed E-state index contributed by atoms with van der Waals surface area (Å²) in [4.78, 5) is 24.1. The lowest BCUT2D eigenvalue weighted by Gasteiger charge is -2.10. The number of carbonyl (C=O) groups excluding carboxylic acids is 2. The van der Waals surface area contributed by atoms with Crippen LogP contribution in [-0.2, 0) is 11.8 Å². The zero-order chi connectivity index (χ0) is 16.1. The van der Waals surface area contributed by atoms with Crippen molar-refractivity contribution in [3.63, 3.8) is 0 Å². The highest BCUT2D eigenvalue weighted by molar-refractivity contribution is 6.08. The molecule has 2 aromatic rings. The molecule has 1 N–H and O–H groups in total. The zero-order valence-electron chi connectivity index (χ0n) is 12.6. The second-order valence-electron chi connectivity index (χ2n) is 4.44. The first kappa shape index (κ1) is 15.6. The number of nitrogens with one attached hydrogen (secondary N) is 1. The number of esters is 1. The van der Waals surface area contributed by atoms with Crippen molar-refractivity contribution in [1.82, 2.24) is 9.78 Å². The van der Waals surface area contributed by atoms with E-state index in [2.05, 4.69) is 15.2 Å². The van der Waals surface area contributed by atoms with Crippen LogP contribution in [0.3, 0.4) is 0 Å². The SMILES string of the molecule is CCOc1ccccc1C(=O)Nc1cn(C)nc1C(=O)OC. The molecule has 0 unspecified atom stereocenters. The molecule has 1 amide bonds. The fraction of sp³-hybridized carbons (Fsp3) is 0.267. The Morgan fingerprint density at radius 2 is 2.05 bits per heavy atom. The van der Waals surface area contributed by atoms with Crippen LogP contribution in [0.5, 0.6) is 5.75 Å². The van der Waals surface area contributed by atoms with E-state index < -0.39 is 5.97 Å². The van der Waals surface area contributed by atoms with Gasteiger partial charge >= 0.3 is 5.97 Å². The average Bonchev–Trinajstić information content (AvgIpc) is 2.88. The van der Waals surface area contributed by atoms with Gasteiger partial charge in [0.1, 0.15) is 5.75 Å². The number of hydrogen-bond acceptors (Lipinski definition) is 5. The van der Waals surface area contributed by atoms with Crippen LogP contribution in [0.1, 0.15) is 27.8 Å². The number of para-hydroxylation sites is 1. The Morgan fingerprint density at radius 3 is 2.73 bits per heavy atom. The second-order valence-corrected chi connectivity index (χ2v) is 4.44. The molecule has 1 aromatic carbocycles. The number of benzene rings is 1. The van der Waals surface area contributed by atoms with Gasteiger partial charge in [0.15, 0.2) is 5.69 Å². The third-order valence-corrected chi connectivity index (χ3v) is 2.89. The summed E-state index contributed by atoms with van der Waals surface area (Å²) in [5, 5.41) is 6.64. The maximum Gasteiger partial charge on any atom is 0.360 e. The van der Waals surface area contributed by atoms with Gasteiger partial charge in [-0.2, -0.15) is 5.10 Å². The summed E-state index contributed by atoms with van der Waals surface area (Å²) in [6.45, 7) is 2.29. The Kier molecular flexibility index (Phi) is 4.77. The summed E-state index contributed by atoms with van der Waals surface area (Å²) in [5.74, 6) is -0.526. The van der Waals surface area contributed by atoms with E-state index in [1.165, 1.54) is 18.0 Å². The lowest BCUT2D eigenvalue weighted by molar-refractivity contribution is 0.0594. The van der Waals surface area contributed by atoms with Crippen molar-refractivity contribution in [1.29, 1.82) is 0 Å². The van der Waals surface area contributed by atoms with Crippen molar-refractivity contribution in [2.45, 2.75) is 6.92 Å². The molecule has 2 rings (SSSR count). The van der Waals surface area contributed by atoms with Crippen LogP contribution in [0, 0.1) is 0 Å². The molecule has 1 heterocycles. The number of carbonyl (C=O) groups is 2. The van der Waals surface area contributed by atoms with Gasteiger partial charge in [0, 0.05) is 13.2 Å². The molecule has 22 heavy (non-hydrogen) atoms. The highest BCUT2D eigenvalue weighted by atomic mass is 16.5. The highest BCUT2D eigenvalue weighted by Crippen LogP contribution is 2.21. The number of aryl methyl sites for hydroxylation is 1. The first-order valence-corrected chi connectivity index (χ1v) is 6.72. The van der Waals surface area contributed by atoms with E-state index in [1.54, 1.807) is 31.3 Å². The highest BCUT2D eigenvalue weighted by Gasteiger charge is 2.20. The van der Waals surface area contributed by atoms with Crippen LogP contribution in [0.4, 0.5) is 5.69 Å². The van der Waals surface area contributed by atoms with Gasteiger partial charge in [0.05, 0.1) is 25.0 Å². The Labute approximate surface area is 127 Å². The zero-order valence-corrected chi connectivity index (χ0v) is 12.6. The number of rotatable bonds is 5. The fourth-order valence-corrected chi connectivity index (χ4v) is 1.95. The molecular weight excluding hydrogens is 286 g/mol. The van der Waals surface area contributed by atoms with E-state index in [0.717, 1.165) is 0 Å². The van der Waals surface area contributed by atoms with E-state index in [9.17, 15) is 9.59 Å². The van der Waals surface area contributed by atoms with Crippen molar-refractivity contribution >= 4 is 17.6 Å². The molecule has 7 heteroatoms. The summed E-state index contributed by atoms with van der Waals surface area (Å²) in [7, 11) is 2.91. The van der Waals surface area contributed by atoms with Crippen LogP contribution >= 0.6 is 0 Å². The number of aromatic nitrogens is 2. The standard InChI is InChI=1S/C15H17N3O4/c1-4-22-12-8-6-5-7-10(12)14(19)16-11-9-18(2)17-13(11)15(20)21-3/h5-9H,4H2,1-3H3,(H,16,19). The molecule has 0 aliphatic heterocycles. The second kappa shape index (κ2) is 6.75. The minimum Gasteiger partial charge on any atom is -0.493 e. The molecule has 1 aromatic heterocycles. The van der Waals surface area contributed by atoms with Gasteiger partial charge in [0.2, 0.25) is 0 Å². The van der Waals surface area contributed by atoms with E-state index in [4.69, 9.17) is 4.74 Å². The van der Waals surface area contributed by atoms with Gasteiger partial charge in [0.25, 0.3) is 5.91 Å². The molecule has 0 saturated heterocycles. The monoisotopic (exact) mass is 303 g/mol. The minimum atomic E-state index is -0.617. The Hall–Kier alpha value is -2.83. The third-order valence-electron chi connectivity index (χ3n) is 2.89. The van der Waals surface area contributed by atoms with Crippen molar-refractivity contribution in [2.24, 2.45) is 7.05 Å². The fourth-order valence-electron chi connectivity index (χ4n) is 1.95. The van der Waals surface area contributed by atoms with Gasteiger partial charge in [-0.05, 0) is 19.1 Å². The Morgan fingerprint density at radius 1 is 1.32 bits per heavy atom. The number of anilines is 1. The summed E-state index contributed by atoms with van der Waals surface area (Å²) in [6, 6.07) is 6.88. The largest absolute Gasteiger partial charge is 0.493 e. The lowest BCUT2D eigenvalue weighted by Crippen LogP contribution is -2.16. The van der Waals surface area contributed by atoms with Crippen molar-refractivity contribution in [2.75, 3.05) is 19.0 Å². The summed E-state index contributed by atoms with van der Waals surface area (Å²) in [6.07, 6.45) is 1.54. The van der Waals surface area contributed by atoms with Crippen LogP contribution in [0.2, 0.25) is 0 Å². The Balaban J connectivity index is 2.28. The average molecular weight is 303 g/mol. The van der Waals surface area contributed by atoms with E-state index in [-0.39, 0.29) is 17.3 Å². The summed E-state index contributed by atoms with van der Waals surface area (Å²) < 4.78 is 11.5. The molecule has 0 bridgehead atoms. The molecule has 0 spiro atoms. The van der Waals surface area contributed by atoms with Gasteiger partial charge in [-0.3, -0.25) is 9.48 Å². The molecular formula is C15H17N3O4. The quantitative estimate of drug-likeness (QED) is 0.852. The van der Waals surface area contributed by atoms with Gasteiger partial charge in [-0.25, -0.2) is 4.79 Å². The summed E-state index contributed by atoms with van der Waals surface area (Å²) in [5.41, 5.74) is 0.710. The molecule has 7 nitrogen and oxygen atoms in total. The van der Waals surface area contributed by atoms with Crippen LogP contribution < -0.4 is 10.1 Å². The van der Waals surface area contributed by atoms with Crippen molar-refractivity contribution < 1.29 is 19.1 Å². The van der Waals surface area contributed by atoms with E-state index >= 15 is 0 Å².